The van der Waals surface area contributed by atoms with Crippen LogP contribution in [0.5, 0.6) is 0 Å². The van der Waals surface area contributed by atoms with Crippen LogP contribution in [0.25, 0.3) is 0 Å². The molecule has 0 radical (unpaired) electrons. The average Bonchev–Trinajstić information content (AvgIpc) is 0.978. The van der Waals surface area contributed by atoms with Crippen LogP contribution in [0.3, 0.4) is 0 Å². The summed E-state index contributed by atoms with van der Waals surface area (Å²) in [6.45, 7) is 1.32. The third-order valence-corrected chi connectivity index (χ3v) is 15.2. The molecule has 0 unspecified atom stereocenters. The zero-order chi connectivity index (χ0) is 67.3. The smallest absolute Gasteiger partial charge is 0.243 e. The summed E-state index contributed by atoms with van der Waals surface area (Å²) in [6.07, 6.45) is 4.39. The van der Waals surface area contributed by atoms with Crippen LogP contribution in [-0.4, -0.2) is 110 Å². The highest BCUT2D eigenvalue weighted by atomic mass is 16.2. The zero-order valence-corrected chi connectivity index (χ0v) is 53.1. The topological polar surface area (TPSA) is 422 Å². The van der Waals surface area contributed by atoms with Gasteiger partial charge in [0.15, 0.2) is 0 Å². The fourth-order valence-corrected chi connectivity index (χ4v) is 9.84. The van der Waals surface area contributed by atoms with Gasteiger partial charge in [-0.25, -0.2) is 0 Å². The molecule has 0 saturated carbocycles. The maximum atomic E-state index is 15.1. The van der Waals surface area contributed by atoms with Gasteiger partial charge in [0.05, 0.1) is 40.2 Å². The monoisotopic (exact) mass is 1280 g/mol. The van der Waals surface area contributed by atoms with Crippen molar-refractivity contribution in [2.75, 3.05) is 26.2 Å². The standard InChI is InChI=1S/C69H90N18O7/c70-40-14-10-24-56(74)64(89)79-60(44-47-28-34-53(35-29-47)85-82-50-18-4-1-5-19-50)68(93)77-58(26-12-16-42-72)66(91)81-62(46-49-32-38-55(39-33-49)87-84-52-22-8-3-9-23-52)69(94)78-59(27-13-17-43-73)65(90)80-61(67(92)76-57(63(75)88)25-11-15-41-71)45-48-30-36-54(37-31-48)86-83-51-20-6-2-7-21-51/h1-9,18-23,28-39,56-62H,10-17,24-27,40-46,70-74H2,(H2,75,88)(H,76,92)(H,77,93)(H,78,94)(H,79,89)(H,80,90)(H,81,91)/t56-,57-,58-,59-,60-,61-,62-/m0/s1. The first kappa shape index (κ1) is 73.3. The number of nitrogens with zero attached hydrogens (tertiary/aromatic N) is 6. The van der Waals surface area contributed by atoms with Crippen molar-refractivity contribution < 1.29 is 33.6 Å². The number of benzene rings is 6. The number of rotatable bonds is 41. The van der Waals surface area contributed by atoms with E-state index in [1.807, 2.05) is 78.9 Å². The molecule has 7 amide bonds. The average molecular weight is 1280 g/mol. The van der Waals surface area contributed by atoms with E-state index in [4.69, 9.17) is 34.4 Å². The van der Waals surface area contributed by atoms with Crippen molar-refractivity contribution in [2.24, 2.45) is 65.1 Å². The van der Waals surface area contributed by atoms with Gasteiger partial charge in [0.1, 0.15) is 36.3 Å². The molecule has 6 aromatic carbocycles. The number of amides is 7. The lowest BCUT2D eigenvalue weighted by atomic mass is 10.0. The van der Waals surface area contributed by atoms with Gasteiger partial charge in [-0.1, -0.05) is 97.4 Å². The van der Waals surface area contributed by atoms with E-state index in [2.05, 4.69) is 62.6 Å². The van der Waals surface area contributed by atoms with E-state index < -0.39 is 83.6 Å². The molecule has 6 rings (SSSR count). The van der Waals surface area contributed by atoms with E-state index >= 15 is 4.79 Å². The molecule has 0 aromatic heterocycles. The summed E-state index contributed by atoms with van der Waals surface area (Å²) in [7, 11) is 0. The van der Waals surface area contributed by atoms with Crippen molar-refractivity contribution in [2.45, 2.75) is 139 Å². The van der Waals surface area contributed by atoms with Crippen LogP contribution >= 0.6 is 0 Å². The summed E-state index contributed by atoms with van der Waals surface area (Å²) >= 11 is 0. The first-order valence-corrected chi connectivity index (χ1v) is 32.0. The maximum absolute atomic E-state index is 15.1. The van der Waals surface area contributed by atoms with Crippen molar-refractivity contribution in [3.05, 3.63) is 180 Å². The number of hydrogen-bond acceptors (Lipinski definition) is 18. The number of hydrogen-bond donors (Lipinski definition) is 12. The molecular formula is C69H90N18O7. The Balaban J connectivity index is 1.30. The predicted molar refractivity (Wildman–Crippen MR) is 363 cm³/mol. The second-order valence-corrected chi connectivity index (χ2v) is 22.7. The van der Waals surface area contributed by atoms with Crippen LogP contribution in [0.15, 0.2) is 194 Å². The Kier molecular flexibility index (Phi) is 31.9. The van der Waals surface area contributed by atoms with E-state index in [0.29, 0.717) is 122 Å². The van der Waals surface area contributed by atoms with Crippen LogP contribution < -0.4 is 66.3 Å². The first-order valence-electron chi connectivity index (χ1n) is 32.0. The minimum absolute atomic E-state index is 0.0167. The number of nitrogens with two attached hydrogens (primary N) is 6. The van der Waals surface area contributed by atoms with E-state index in [-0.39, 0.29) is 51.6 Å². The van der Waals surface area contributed by atoms with Crippen molar-refractivity contribution in [3.63, 3.8) is 0 Å². The molecule has 0 spiro atoms. The molecule has 25 heteroatoms. The number of primary amides is 1. The highest BCUT2D eigenvalue weighted by Crippen LogP contribution is 2.23. The van der Waals surface area contributed by atoms with Gasteiger partial charge in [-0.3, -0.25) is 33.6 Å². The van der Waals surface area contributed by atoms with E-state index in [1.54, 1.807) is 84.9 Å². The second-order valence-electron chi connectivity index (χ2n) is 22.7. The molecule has 0 bridgehead atoms. The summed E-state index contributed by atoms with van der Waals surface area (Å²) in [4.78, 5) is 101. The molecule has 0 aliphatic heterocycles. The van der Waals surface area contributed by atoms with Gasteiger partial charge in [-0.05, 0) is 186 Å². The number of azo groups is 3. The Morgan fingerprint density at radius 2 is 0.521 bits per heavy atom. The Morgan fingerprint density at radius 3 is 0.809 bits per heavy atom. The van der Waals surface area contributed by atoms with Gasteiger partial charge in [-0.15, -0.1) is 0 Å². The van der Waals surface area contributed by atoms with E-state index in [0.717, 1.165) is 0 Å². The minimum atomic E-state index is -1.40. The molecule has 0 saturated heterocycles. The minimum Gasteiger partial charge on any atom is -0.368 e. The van der Waals surface area contributed by atoms with Crippen LogP contribution in [0.2, 0.25) is 0 Å². The highest BCUT2D eigenvalue weighted by molar-refractivity contribution is 5.97. The third kappa shape index (κ3) is 26.4. The number of unbranched alkanes of at least 4 members (excludes halogenated alkanes) is 4. The second kappa shape index (κ2) is 40.9. The van der Waals surface area contributed by atoms with Crippen LogP contribution in [-0.2, 0) is 52.8 Å². The quantitative estimate of drug-likeness (QED) is 0.0134. The lowest BCUT2D eigenvalue weighted by Gasteiger charge is -2.28. The summed E-state index contributed by atoms with van der Waals surface area (Å²) in [5.74, 6) is -5.06. The van der Waals surface area contributed by atoms with Gasteiger partial charge in [0, 0.05) is 19.3 Å². The molecule has 0 aliphatic rings. The largest absolute Gasteiger partial charge is 0.368 e. The molecule has 0 heterocycles. The lowest BCUT2D eigenvalue weighted by molar-refractivity contribution is -0.135. The molecule has 94 heavy (non-hydrogen) atoms. The van der Waals surface area contributed by atoms with Crippen LogP contribution in [0, 0.1) is 0 Å². The lowest BCUT2D eigenvalue weighted by Crippen LogP contribution is -2.60. The van der Waals surface area contributed by atoms with Gasteiger partial charge < -0.3 is 66.3 Å². The summed E-state index contributed by atoms with van der Waals surface area (Å²) in [5.41, 5.74) is 40.8. The number of carbonyl (C=O) groups is 7. The summed E-state index contributed by atoms with van der Waals surface area (Å²) < 4.78 is 0. The summed E-state index contributed by atoms with van der Waals surface area (Å²) in [5, 5.41) is 42.9. The van der Waals surface area contributed by atoms with Crippen molar-refractivity contribution >= 4 is 75.5 Å². The molecule has 18 N–H and O–H groups in total. The zero-order valence-electron chi connectivity index (χ0n) is 53.1. The third-order valence-electron chi connectivity index (χ3n) is 15.2. The van der Waals surface area contributed by atoms with Gasteiger partial charge in [0.2, 0.25) is 41.4 Å². The Hall–Kier alpha value is -9.79. The summed E-state index contributed by atoms with van der Waals surface area (Å²) in [6, 6.07) is 39.6. The van der Waals surface area contributed by atoms with Gasteiger partial charge in [-0.2, -0.15) is 30.7 Å². The highest BCUT2D eigenvalue weighted by Gasteiger charge is 2.34. The molecule has 6 aromatic rings. The Labute approximate surface area is 549 Å². The van der Waals surface area contributed by atoms with Crippen LogP contribution in [0.4, 0.5) is 34.1 Å². The maximum Gasteiger partial charge on any atom is 0.243 e. The normalized spacial score (nSPS) is 13.7. The van der Waals surface area contributed by atoms with Gasteiger partial charge in [0.25, 0.3) is 0 Å². The molecule has 0 fully saturated rings. The fraction of sp³-hybridized carbons (Fsp3) is 0.377. The SMILES string of the molecule is NCCCC[C@H](NC(=O)[C@H](Cc1ccc(N=Nc2ccccc2)cc1)NC(=O)[C@H](CCCCN)NC(=O)[C@H](Cc1ccc(N=Nc2ccccc2)cc1)NC(=O)[C@H](CCCCN)NC(=O)[C@H](Cc1ccc(N=Nc2ccccc2)cc1)NC(=O)[C@@H](N)CCCCN)C(N)=O. The van der Waals surface area contributed by atoms with Crippen molar-refractivity contribution in [3.8, 4) is 0 Å². The Morgan fingerprint density at radius 1 is 0.287 bits per heavy atom. The Bertz CT molecular complexity index is 3380. The fourth-order valence-electron chi connectivity index (χ4n) is 9.84. The molecule has 25 nitrogen and oxygen atoms in total. The molecule has 7 atom stereocenters. The van der Waals surface area contributed by atoms with E-state index in [9.17, 15) is 28.8 Å². The first-order chi connectivity index (χ1) is 45.6. The van der Waals surface area contributed by atoms with E-state index in [1.165, 1.54) is 0 Å². The van der Waals surface area contributed by atoms with Crippen molar-refractivity contribution in [1.29, 1.82) is 0 Å². The predicted octanol–water partition coefficient (Wildman–Crippen LogP) is 7.20. The number of carbonyl (C=O) groups excluding carboxylic acids is 7. The molecule has 0 aliphatic carbocycles. The van der Waals surface area contributed by atoms with Crippen LogP contribution in [0.1, 0.15) is 93.7 Å². The molecule has 498 valence electrons. The molecular weight excluding hydrogens is 1190 g/mol. The van der Waals surface area contributed by atoms with Gasteiger partial charge >= 0.3 is 0 Å². The number of nitrogens with one attached hydrogen (secondary N) is 6. The van der Waals surface area contributed by atoms with Crippen molar-refractivity contribution in [1.82, 2.24) is 31.9 Å².